The molecule has 0 unspecified atom stereocenters. The molecule has 0 fully saturated rings. The molecule has 1 aliphatic rings. The van der Waals surface area contributed by atoms with Crippen LogP contribution < -0.4 is 16.6 Å². The normalized spacial score (nSPS) is 13.2. The van der Waals surface area contributed by atoms with Crippen molar-refractivity contribution >= 4 is 56.8 Å². The molecule has 0 radical (unpaired) electrons. The number of amides is 2. The van der Waals surface area contributed by atoms with Gasteiger partial charge in [0.15, 0.2) is 0 Å². The molecule has 2 amide bonds. The van der Waals surface area contributed by atoms with Gasteiger partial charge in [0.05, 0.1) is 26.9 Å². The Morgan fingerprint density at radius 1 is 1.05 bits per heavy atom. The van der Waals surface area contributed by atoms with Crippen molar-refractivity contribution in [3.63, 3.8) is 0 Å². The molecule has 9 heteroatoms. The summed E-state index contributed by atoms with van der Waals surface area (Å²) in [5.74, 6) is -1.53. The third-order valence-corrected chi connectivity index (χ3v) is 4.19. The number of aromatic nitrogens is 1. The third-order valence-electron chi connectivity index (χ3n) is 3.16. The quantitative estimate of drug-likeness (QED) is 0.716. The fourth-order valence-corrected chi connectivity index (χ4v) is 3.64. The van der Waals surface area contributed by atoms with Gasteiger partial charge in [0.25, 0.3) is 17.4 Å². The van der Waals surface area contributed by atoms with Gasteiger partial charge in [-0.1, -0.05) is 39.1 Å². The largest absolute Gasteiger partial charge is 0.384 e. The number of carbonyl (C=O) groups excluding carboxylic acids is 2. The van der Waals surface area contributed by atoms with Crippen molar-refractivity contribution in [2.75, 3.05) is 5.73 Å². The first-order valence-electron chi connectivity index (χ1n) is 5.87. The molecule has 3 rings (SSSR count). The summed E-state index contributed by atoms with van der Waals surface area (Å²) < 4.78 is 1.63. The average molecular weight is 403 g/mol. The highest BCUT2D eigenvalue weighted by Gasteiger charge is 2.32. The standard InChI is InChI=1S/C13H6BrCl2N3O3/c14-4-1-6(15)10(7(16)2-4)19-8(20)3-5-9(11(19)17)13(22)18-12(5)21/h1-3H,17H2,(H,18,21,22). The van der Waals surface area contributed by atoms with E-state index in [1.54, 1.807) is 0 Å². The number of benzene rings is 1. The smallest absolute Gasteiger partial charge is 0.262 e. The zero-order chi connectivity index (χ0) is 16.2. The van der Waals surface area contributed by atoms with Crippen LogP contribution in [-0.4, -0.2) is 16.4 Å². The Bertz CT molecular complexity index is 900. The van der Waals surface area contributed by atoms with Crippen molar-refractivity contribution in [2.24, 2.45) is 0 Å². The summed E-state index contributed by atoms with van der Waals surface area (Å²) in [5.41, 5.74) is 5.31. The van der Waals surface area contributed by atoms with Gasteiger partial charge < -0.3 is 5.73 Å². The predicted molar refractivity (Wildman–Crippen MR) is 86.0 cm³/mol. The van der Waals surface area contributed by atoms with E-state index in [0.717, 1.165) is 10.6 Å². The second-order valence-corrected chi connectivity index (χ2v) is 6.22. The number of hydrogen-bond acceptors (Lipinski definition) is 4. The minimum absolute atomic E-state index is 0.0619. The number of nitrogens with two attached hydrogens (primary N) is 1. The van der Waals surface area contributed by atoms with E-state index >= 15 is 0 Å². The van der Waals surface area contributed by atoms with E-state index < -0.39 is 17.4 Å². The first kappa shape index (κ1) is 15.1. The van der Waals surface area contributed by atoms with Crippen LogP contribution in [0.3, 0.4) is 0 Å². The van der Waals surface area contributed by atoms with Crippen molar-refractivity contribution in [3.05, 3.63) is 54.2 Å². The van der Waals surface area contributed by atoms with Crippen LogP contribution >= 0.6 is 39.1 Å². The summed E-state index contributed by atoms with van der Waals surface area (Å²) in [5, 5.41) is 2.41. The summed E-state index contributed by atoms with van der Waals surface area (Å²) in [6.07, 6.45) is 0. The fraction of sp³-hybridized carbons (Fsp3) is 0. The van der Waals surface area contributed by atoms with Crippen molar-refractivity contribution in [2.45, 2.75) is 0 Å². The molecule has 3 N–H and O–H groups in total. The van der Waals surface area contributed by atoms with Crippen LogP contribution in [0.1, 0.15) is 20.7 Å². The topological polar surface area (TPSA) is 94.2 Å². The zero-order valence-electron chi connectivity index (χ0n) is 10.6. The van der Waals surface area contributed by atoms with Crippen LogP contribution in [0.5, 0.6) is 0 Å². The van der Waals surface area contributed by atoms with Crippen LogP contribution in [0.25, 0.3) is 5.69 Å². The molecule has 6 nitrogen and oxygen atoms in total. The van der Waals surface area contributed by atoms with Crippen molar-refractivity contribution in [1.82, 2.24) is 9.88 Å². The highest BCUT2D eigenvalue weighted by atomic mass is 79.9. The highest BCUT2D eigenvalue weighted by Crippen LogP contribution is 2.34. The number of carbonyl (C=O) groups is 2. The minimum atomic E-state index is -0.671. The Morgan fingerprint density at radius 3 is 2.23 bits per heavy atom. The Kier molecular flexibility index (Phi) is 3.51. The maximum Gasteiger partial charge on any atom is 0.262 e. The van der Waals surface area contributed by atoms with Crippen LogP contribution in [0.15, 0.2) is 27.5 Å². The highest BCUT2D eigenvalue weighted by molar-refractivity contribution is 9.10. The van der Waals surface area contributed by atoms with Crippen molar-refractivity contribution in [1.29, 1.82) is 0 Å². The number of rotatable bonds is 1. The molecule has 2 aromatic rings. The summed E-state index contributed by atoms with van der Waals surface area (Å²) in [6, 6.07) is 4.10. The number of nitrogens with zero attached hydrogens (tertiary/aromatic N) is 1. The Morgan fingerprint density at radius 2 is 1.64 bits per heavy atom. The van der Waals surface area contributed by atoms with Crippen LogP contribution in [-0.2, 0) is 0 Å². The fourth-order valence-electron chi connectivity index (χ4n) is 2.26. The van der Waals surface area contributed by atoms with Crippen LogP contribution in [0.4, 0.5) is 5.82 Å². The molecule has 2 heterocycles. The van der Waals surface area contributed by atoms with E-state index in [-0.39, 0.29) is 32.7 Å². The molecule has 112 valence electrons. The lowest BCUT2D eigenvalue weighted by atomic mass is 10.1. The molecule has 0 spiro atoms. The first-order chi connectivity index (χ1) is 10.3. The number of nitrogens with one attached hydrogen (secondary N) is 1. The lowest BCUT2D eigenvalue weighted by Crippen LogP contribution is -2.24. The van der Waals surface area contributed by atoms with Gasteiger partial charge in [0.1, 0.15) is 5.82 Å². The SMILES string of the molecule is Nc1c2c(cc(=O)n1-c1c(Cl)cc(Br)cc1Cl)C(=O)NC2=O. The number of halogens is 3. The summed E-state index contributed by atoms with van der Waals surface area (Å²) in [7, 11) is 0. The van der Waals surface area contributed by atoms with Gasteiger partial charge in [-0.2, -0.15) is 0 Å². The van der Waals surface area contributed by atoms with Gasteiger partial charge in [-0.25, -0.2) is 0 Å². The Labute approximate surface area is 141 Å². The molecular formula is C13H6BrCl2N3O3. The van der Waals surface area contributed by atoms with Gasteiger partial charge in [0.2, 0.25) is 0 Å². The second kappa shape index (κ2) is 5.12. The van der Waals surface area contributed by atoms with Gasteiger partial charge in [-0.3, -0.25) is 24.3 Å². The van der Waals surface area contributed by atoms with Crippen molar-refractivity contribution < 1.29 is 9.59 Å². The van der Waals surface area contributed by atoms with E-state index in [4.69, 9.17) is 28.9 Å². The van der Waals surface area contributed by atoms with E-state index in [0.29, 0.717) is 4.47 Å². The number of fused-ring (bicyclic) bond motifs is 1. The lowest BCUT2D eigenvalue weighted by Gasteiger charge is -2.15. The molecule has 0 bridgehead atoms. The number of hydrogen-bond donors (Lipinski definition) is 2. The summed E-state index contributed by atoms with van der Waals surface area (Å²) >= 11 is 15.5. The summed E-state index contributed by atoms with van der Waals surface area (Å²) in [6.45, 7) is 0. The number of pyridine rings is 1. The zero-order valence-corrected chi connectivity index (χ0v) is 13.7. The molecule has 1 aromatic heterocycles. The van der Waals surface area contributed by atoms with Crippen molar-refractivity contribution in [3.8, 4) is 5.69 Å². The van der Waals surface area contributed by atoms with E-state index in [2.05, 4.69) is 21.2 Å². The van der Waals surface area contributed by atoms with Gasteiger partial charge in [-0.15, -0.1) is 0 Å². The minimum Gasteiger partial charge on any atom is -0.384 e. The molecule has 0 saturated carbocycles. The molecule has 0 saturated heterocycles. The molecular weight excluding hydrogens is 397 g/mol. The third kappa shape index (κ3) is 2.13. The predicted octanol–water partition coefficient (Wildman–Crippen LogP) is 2.37. The monoisotopic (exact) mass is 401 g/mol. The molecule has 0 atom stereocenters. The average Bonchev–Trinajstić information content (AvgIpc) is 2.67. The van der Waals surface area contributed by atoms with E-state index in [9.17, 15) is 14.4 Å². The summed E-state index contributed by atoms with van der Waals surface area (Å²) in [4.78, 5) is 35.7. The Hall–Kier alpha value is -1.83. The second-order valence-electron chi connectivity index (χ2n) is 4.49. The molecule has 22 heavy (non-hydrogen) atoms. The maximum absolute atomic E-state index is 12.3. The number of imide groups is 1. The maximum atomic E-state index is 12.3. The van der Waals surface area contributed by atoms with E-state index in [1.165, 1.54) is 12.1 Å². The Balaban J connectivity index is 2.40. The first-order valence-corrected chi connectivity index (χ1v) is 7.42. The van der Waals surface area contributed by atoms with Gasteiger partial charge in [-0.05, 0) is 12.1 Å². The molecule has 0 aliphatic carbocycles. The van der Waals surface area contributed by atoms with Crippen LogP contribution in [0, 0.1) is 0 Å². The number of anilines is 1. The molecule has 1 aromatic carbocycles. The van der Waals surface area contributed by atoms with Gasteiger partial charge in [0, 0.05) is 10.5 Å². The lowest BCUT2D eigenvalue weighted by molar-refractivity contribution is 0.0880. The van der Waals surface area contributed by atoms with E-state index in [1.807, 2.05) is 0 Å². The molecule has 1 aliphatic heterocycles. The van der Waals surface area contributed by atoms with Crippen LogP contribution in [0.2, 0.25) is 10.0 Å². The number of nitrogen functional groups attached to an aromatic ring is 1. The van der Waals surface area contributed by atoms with Gasteiger partial charge >= 0.3 is 0 Å².